The molecule has 0 bridgehead atoms. The summed E-state index contributed by atoms with van der Waals surface area (Å²) in [6, 6.07) is 9.78. The predicted molar refractivity (Wildman–Crippen MR) is 106 cm³/mol. The Balaban J connectivity index is 1.86. The number of nitrogens with zero attached hydrogens (tertiary/aromatic N) is 4. The number of ether oxygens (including phenoxy) is 1. The largest absolute Gasteiger partial charge is 0.497 e. The molecule has 4 aromatic rings. The van der Waals surface area contributed by atoms with Gasteiger partial charge in [0, 0.05) is 36.4 Å². The van der Waals surface area contributed by atoms with Gasteiger partial charge < -0.3 is 9.84 Å². The molecule has 3 heterocycles. The molecule has 1 atom stereocenters. The van der Waals surface area contributed by atoms with Gasteiger partial charge >= 0.3 is 0 Å². The fraction of sp³-hybridized carbons (Fsp3) is 0.250. The zero-order valence-corrected chi connectivity index (χ0v) is 16.0. The van der Waals surface area contributed by atoms with Gasteiger partial charge in [0.2, 0.25) is 0 Å². The summed E-state index contributed by atoms with van der Waals surface area (Å²) in [6.45, 7) is 2.09. The highest BCUT2D eigenvalue weighted by Gasteiger charge is 2.19. The Labute approximate surface area is 161 Å². The lowest BCUT2D eigenvalue weighted by atomic mass is 10.1. The quantitative estimate of drug-likeness (QED) is 0.552. The minimum Gasteiger partial charge on any atom is -0.497 e. The smallest absolute Gasteiger partial charge is 0.194 e. The zero-order chi connectivity index (χ0) is 18.8. The van der Waals surface area contributed by atoms with Crippen LogP contribution >= 0.6 is 11.3 Å². The highest BCUT2D eigenvalue weighted by atomic mass is 32.1. The molecule has 0 saturated heterocycles. The maximum Gasteiger partial charge on any atom is 0.194 e. The molecule has 0 aliphatic heterocycles. The van der Waals surface area contributed by atoms with Crippen LogP contribution in [-0.4, -0.2) is 38.2 Å². The fourth-order valence-corrected chi connectivity index (χ4v) is 3.72. The Morgan fingerprint density at radius 2 is 2.15 bits per heavy atom. The van der Waals surface area contributed by atoms with Gasteiger partial charge in [-0.15, -0.1) is 11.3 Å². The molecule has 138 valence electrons. The molecular formula is C20H20N4O2S. The fourth-order valence-electron chi connectivity index (χ4n) is 3.01. The topological polar surface area (TPSA) is 72.5 Å². The van der Waals surface area contributed by atoms with Crippen molar-refractivity contribution in [3.63, 3.8) is 0 Å². The number of hydrogen-bond donors (Lipinski definition) is 1. The van der Waals surface area contributed by atoms with E-state index in [9.17, 15) is 5.11 Å². The molecule has 0 aliphatic rings. The second-order valence-electron chi connectivity index (χ2n) is 6.45. The van der Waals surface area contributed by atoms with Crippen molar-refractivity contribution in [2.75, 3.05) is 13.7 Å². The number of aromatic nitrogens is 4. The van der Waals surface area contributed by atoms with Crippen LogP contribution in [0.5, 0.6) is 5.75 Å². The molecule has 1 unspecified atom stereocenters. The van der Waals surface area contributed by atoms with Crippen LogP contribution in [0.15, 0.2) is 48.1 Å². The van der Waals surface area contributed by atoms with Gasteiger partial charge in [0.15, 0.2) is 4.96 Å². The first-order chi connectivity index (χ1) is 13.2. The predicted octanol–water partition coefficient (Wildman–Crippen LogP) is 3.70. The SMILES string of the molecule is COc1cccc(-c2nc3sccn3c2-c2ccnc(CC(C)CO)n2)c1. The Kier molecular flexibility index (Phi) is 4.87. The van der Waals surface area contributed by atoms with Crippen molar-refractivity contribution < 1.29 is 9.84 Å². The third-order valence-corrected chi connectivity index (χ3v) is 5.15. The van der Waals surface area contributed by atoms with Gasteiger partial charge in [-0.2, -0.15) is 0 Å². The standard InChI is InChI=1S/C20H20N4O2S/c1-13(12-25)10-17-21-7-6-16(22-17)19-18(23-20-24(19)8-9-27-20)14-4-3-5-15(11-14)26-2/h3-9,11,13,25H,10,12H2,1-2H3. The summed E-state index contributed by atoms with van der Waals surface area (Å²) in [5.41, 5.74) is 3.58. The van der Waals surface area contributed by atoms with Crippen LogP contribution in [0.2, 0.25) is 0 Å². The highest BCUT2D eigenvalue weighted by Crippen LogP contribution is 2.34. The zero-order valence-electron chi connectivity index (χ0n) is 15.2. The molecule has 1 N–H and O–H groups in total. The van der Waals surface area contributed by atoms with E-state index in [4.69, 9.17) is 14.7 Å². The van der Waals surface area contributed by atoms with Gasteiger partial charge in [-0.3, -0.25) is 4.40 Å². The van der Waals surface area contributed by atoms with Gasteiger partial charge in [-0.05, 0) is 24.1 Å². The van der Waals surface area contributed by atoms with Gasteiger partial charge in [0.1, 0.15) is 17.3 Å². The van der Waals surface area contributed by atoms with E-state index in [0.29, 0.717) is 6.42 Å². The summed E-state index contributed by atoms with van der Waals surface area (Å²) >= 11 is 1.58. The number of fused-ring (bicyclic) bond motifs is 1. The van der Waals surface area contributed by atoms with E-state index in [1.54, 1.807) is 24.6 Å². The maximum atomic E-state index is 9.32. The van der Waals surface area contributed by atoms with E-state index >= 15 is 0 Å². The molecule has 0 radical (unpaired) electrons. The third-order valence-electron chi connectivity index (χ3n) is 4.40. The summed E-state index contributed by atoms with van der Waals surface area (Å²) in [5.74, 6) is 1.62. The second-order valence-corrected chi connectivity index (χ2v) is 7.32. The van der Waals surface area contributed by atoms with E-state index in [1.807, 2.05) is 48.8 Å². The summed E-state index contributed by atoms with van der Waals surface area (Å²) < 4.78 is 7.43. The number of imidazole rings is 1. The third kappa shape index (κ3) is 3.43. The Hall–Kier alpha value is -2.77. The van der Waals surface area contributed by atoms with Crippen LogP contribution in [0.25, 0.3) is 27.6 Å². The number of methoxy groups -OCH3 is 1. The molecule has 7 heteroatoms. The van der Waals surface area contributed by atoms with Crippen molar-refractivity contribution in [1.82, 2.24) is 19.4 Å². The van der Waals surface area contributed by atoms with Gasteiger partial charge in [-0.1, -0.05) is 19.1 Å². The van der Waals surface area contributed by atoms with Crippen LogP contribution in [0.3, 0.4) is 0 Å². The van der Waals surface area contributed by atoms with E-state index in [-0.39, 0.29) is 12.5 Å². The van der Waals surface area contributed by atoms with E-state index < -0.39 is 0 Å². The van der Waals surface area contributed by atoms with Crippen molar-refractivity contribution >= 4 is 16.3 Å². The lowest BCUT2D eigenvalue weighted by Crippen LogP contribution is -2.08. The number of hydrogen-bond acceptors (Lipinski definition) is 6. The number of rotatable bonds is 6. The first-order valence-electron chi connectivity index (χ1n) is 8.72. The van der Waals surface area contributed by atoms with E-state index in [2.05, 4.69) is 9.38 Å². The van der Waals surface area contributed by atoms with Gasteiger partial charge in [-0.25, -0.2) is 15.0 Å². The first-order valence-corrected chi connectivity index (χ1v) is 9.60. The highest BCUT2D eigenvalue weighted by molar-refractivity contribution is 7.15. The van der Waals surface area contributed by atoms with E-state index in [1.165, 1.54) is 0 Å². The molecule has 0 aliphatic carbocycles. The van der Waals surface area contributed by atoms with Crippen molar-refractivity contribution in [2.45, 2.75) is 13.3 Å². The van der Waals surface area contributed by atoms with Crippen molar-refractivity contribution in [2.24, 2.45) is 5.92 Å². The van der Waals surface area contributed by atoms with Crippen LogP contribution < -0.4 is 4.74 Å². The minimum absolute atomic E-state index is 0.115. The molecule has 0 spiro atoms. The lowest BCUT2D eigenvalue weighted by Gasteiger charge is -2.09. The molecule has 6 nitrogen and oxygen atoms in total. The molecule has 0 fully saturated rings. The normalized spacial score (nSPS) is 12.4. The Bertz CT molecular complexity index is 1070. The summed E-state index contributed by atoms with van der Waals surface area (Å²) in [4.78, 5) is 14.9. The molecule has 4 rings (SSSR count). The molecule has 0 saturated carbocycles. The van der Waals surface area contributed by atoms with Crippen molar-refractivity contribution in [1.29, 1.82) is 0 Å². The number of aliphatic hydroxyl groups excluding tert-OH is 1. The molecule has 27 heavy (non-hydrogen) atoms. The Morgan fingerprint density at radius 3 is 2.96 bits per heavy atom. The van der Waals surface area contributed by atoms with Gasteiger partial charge in [0.05, 0.1) is 18.5 Å². The average Bonchev–Trinajstić information content (AvgIpc) is 3.29. The maximum absolute atomic E-state index is 9.32. The van der Waals surface area contributed by atoms with Gasteiger partial charge in [0.25, 0.3) is 0 Å². The van der Waals surface area contributed by atoms with Crippen LogP contribution in [0.4, 0.5) is 0 Å². The van der Waals surface area contributed by atoms with Crippen LogP contribution in [0.1, 0.15) is 12.7 Å². The summed E-state index contributed by atoms with van der Waals surface area (Å²) in [6.07, 6.45) is 4.40. The number of aliphatic hydroxyl groups is 1. The molecule has 1 aromatic carbocycles. The first kappa shape index (κ1) is 17.6. The molecule has 0 amide bonds. The van der Waals surface area contributed by atoms with Crippen LogP contribution in [-0.2, 0) is 6.42 Å². The van der Waals surface area contributed by atoms with E-state index in [0.717, 1.165) is 39.2 Å². The summed E-state index contributed by atoms with van der Waals surface area (Å²) in [5, 5.41) is 11.3. The number of thiazole rings is 1. The second kappa shape index (κ2) is 7.46. The van der Waals surface area contributed by atoms with Crippen LogP contribution in [0, 0.1) is 5.92 Å². The number of benzene rings is 1. The monoisotopic (exact) mass is 380 g/mol. The Morgan fingerprint density at radius 1 is 1.26 bits per heavy atom. The summed E-state index contributed by atoms with van der Waals surface area (Å²) in [7, 11) is 1.66. The molecule has 3 aromatic heterocycles. The lowest BCUT2D eigenvalue weighted by molar-refractivity contribution is 0.235. The van der Waals surface area contributed by atoms with Crippen molar-refractivity contribution in [3.8, 4) is 28.4 Å². The van der Waals surface area contributed by atoms with Crippen molar-refractivity contribution in [3.05, 3.63) is 53.9 Å². The minimum atomic E-state index is 0.115. The molecular weight excluding hydrogens is 360 g/mol. The average molecular weight is 380 g/mol.